The molecular weight excluding hydrogens is 336 g/mol. The zero-order valence-corrected chi connectivity index (χ0v) is 12.2. The average Bonchev–Trinajstić information content (AvgIpc) is 2.32. The lowest BCUT2D eigenvalue weighted by Gasteiger charge is -2.09. The molecule has 0 radical (unpaired) electrons. The maximum absolute atomic E-state index is 13.1. The normalized spacial score (nSPS) is 10.7. The molecule has 0 unspecified atom stereocenters. The second-order valence-corrected chi connectivity index (χ2v) is 3.26. The van der Waals surface area contributed by atoms with Gasteiger partial charge in [0.05, 0.1) is 6.61 Å². The molecule has 0 bridgehead atoms. The van der Waals surface area contributed by atoms with E-state index >= 15 is 0 Å². The highest BCUT2D eigenvalue weighted by Crippen LogP contribution is 2.10. The molecule has 0 heterocycles. The van der Waals surface area contributed by atoms with Crippen molar-refractivity contribution in [1.82, 2.24) is 10.6 Å². The van der Waals surface area contributed by atoms with Crippen molar-refractivity contribution in [2.45, 2.75) is 13.2 Å². The lowest BCUT2D eigenvalue weighted by Crippen LogP contribution is -2.34. The zero-order chi connectivity index (χ0) is 12.0. The molecule has 6 heteroatoms. The number of aliphatic hydroxyl groups is 1. The molecular formula is C11H17FIN3O. The summed E-state index contributed by atoms with van der Waals surface area (Å²) in [7, 11) is 3.43. The Balaban J connectivity index is 0.00000256. The molecule has 0 fully saturated rings. The predicted molar refractivity (Wildman–Crippen MR) is 77.0 cm³/mol. The van der Waals surface area contributed by atoms with Crippen molar-refractivity contribution in [3.8, 4) is 0 Å². The van der Waals surface area contributed by atoms with Crippen LogP contribution in [-0.4, -0.2) is 25.2 Å². The van der Waals surface area contributed by atoms with Crippen LogP contribution in [0.3, 0.4) is 0 Å². The lowest BCUT2D eigenvalue weighted by atomic mass is 10.1. The summed E-state index contributed by atoms with van der Waals surface area (Å²) in [5, 5.41) is 14.8. The Labute approximate surface area is 117 Å². The molecule has 0 atom stereocenters. The van der Waals surface area contributed by atoms with Crippen LogP contribution in [0, 0.1) is 5.82 Å². The van der Waals surface area contributed by atoms with Gasteiger partial charge in [-0.2, -0.15) is 0 Å². The number of hydrogen-bond donors (Lipinski definition) is 3. The molecule has 0 saturated carbocycles. The highest BCUT2D eigenvalue weighted by molar-refractivity contribution is 14.0. The number of aliphatic hydroxyl groups excluding tert-OH is 1. The van der Waals surface area contributed by atoms with E-state index in [0.29, 0.717) is 18.1 Å². The fourth-order valence-electron chi connectivity index (χ4n) is 1.32. The van der Waals surface area contributed by atoms with Crippen molar-refractivity contribution >= 4 is 29.9 Å². The van der Waals surface area contributed by atoms with Crippen LogP contribution in [0.5, 0.6) is 0 Å². The van der Waals surface area contributed by atoms with Crippen LogP contribution in [0.1, 0.15) is 11.1 Å². The molecule has 1 aromatic carbocycles. The molecule has 4 nitrogen and oxygen atoms in total. The fraction of sp³-hybridized carbons (Fsp3) is 0.364. The number of guanidine groups is 1. The number of hydrogen-bond acceptors (Lipinski definition) is 2. The van der Waals surface area contributed by atoms with E-state index < -0.39 is 0 Å². The first-order chi connectivity index (χ1) is 7.71. The van der Waals surface area contributed by atoms with Gasteiger partial charge in [0.2, 0.25) is 0 Å². The van der Waals surface area contributed by atoms with Crippen molar-refractivity contribution in [1.29, 1.82) is 0 Å². The molecule has 1 aromatic rings. The van der Waals surface area contributed by atoms with Gasteiger partial charge in [-0.25, -0.2) is 4.39 Å². The molecule has 0 aliphatic carbocycles. The van der Waals surface area contributed by atoms with Crippen LogP contribution in [0.4, 0.5) is 4.39 Å². The summed E-state index contributed by atoms with van der Waals surface area (Å²) >= 11 is 0. The summed E-state index contributed by atoms with van der Waals surface area (Å²) in [5.41, 5.74) is 1.19. The van der Waals surface area contributed by atoms with Gasteiger partial charge in [0, 0.05) is 26.2 Å². The standard InChI is InChI=1S/C11H16FN3O.HI/c1-13-11(14-2)15-6-8-3-4-10(12)9(5-8)7-16;/h3-5,16H,6-7H2,1-2H3,(H2,13,14,15);1H. The number of halogens is 2. The summed E-state index contributed by atoms with van der Waals surface area (Å²) in [5.74, 6) is 0.277. The fourth-order valence-corrected chi connectivity index (χ4v) is 1.32. The van der Waals surface area contributed by atoms with E-state index in [9.17, 15) is 4.39 Å². The molecule has 3 N–H and O–H groups in total. The monoisotopic (exact) mass is 353 g/mol. The second-order valence-electron chi connectivity index (χ2n) is 3.26. The lowest BCUT2D eigenvalue weighted by molar-refractivity contribution is 0.275. The largest absolute Gasteiger partial charge is 0.392 e. The number of benzene rings is 1. The first kappa shape index (κ1) is 16.1. The van der Waals surface area contributed by atoms with Gasteiger partial charge in [0.1, 0.15) is 5.82 Å². The van der Waals surface area contributed by atoms with E-state index in [2.05, 4.69) is 15.6 Å². The van der Waals surface area contributed by atoms with Gasteiger partial charge < -0.3 is 15.7 Å². The van der Waals surface area contributed by atoms with E-state index in [0.717, 1.165) is 5.56 Å². The molecule has 96 valence electrons. The van der Waals surface area contributed by atoms with E-state index in [4.69, 9.17) is 5.11 Å². The smallest absolute Gasteiger partial charge is 0.190 e. The first-order valence-corrected chi connectivity index (χ1v) is 4.97. The Hall–Kier alpha value is -0.890. The first-order valence-electron chi connectivity index (χ1n) is 4.97. The van der Waals surface area contributed by atoms with Gasteiger partial charge in [-0.3, -0.25) is 4.99 Å². The third kappa shape index (κ3) is 4.86. The Bertz CT molecular complexity index is 385. The van der Waals surface area contributed by atoms with Gasteiger partial charge in [-0.15, -0.1) is 24.0 Å². The van der Waals surface area contributed by atoms with Crippen LogP contribution in [-0.2, 0) is 13.2 Å². The van der Waals surface area contributed by atoms with Crippen molar-refractivity contribution in [2.75, 3.05) is 14.1 Å². The maximum Gasteiger partial charge on any atom is 0.190 e. The highest BCUT2D eigenvalue weighted by atomic mass is 127. The van der Waals surface area contributed by atoms with Crippen molar-refractivity contribution in [3.05, 3.63) is 35.1 Å². The van der Waals surface area contributed by atoms with Gasteiger partial charge in [0.15, 0.2) is 5.96 Å². The third-order valence-corrected chi connectivity index (χ3v) is 2.20. The number of rotatable bonds is 3. The predicted octanol–water partition coefficient (Wildman–Crippen LogP) is 1.23. The van der Waals surface area contributed by atoms with E-state index in [1.54, 1.807) is 26.2 Å². The summed E-state index contributed by atoms with van der Waals surface area (Å²) in [4.78, 5) is 3.95. The van der Waals surface area contributed by atoms with Gasteiger partial charge in [-0.1, -0.05) is 6.07 Å². The molecule has 0 aliphatic heterocycles. The molecule has 0 amide bonds. The average molecular weight is 353 g/mol. The molecule has 1 rings (SSSR count). The molecule has 0 spiro atoms. The zero-order valence-electron chi connectivity index (χ0n) is 9.83. The van der Waals surface area contributed by atoms with Gasteiger partial charge >= 0.3 is 0 Å². The van der Waals surface area contributed by atoms with E-state index in [1.807, 2.05) is 0 Å². The van der Waals surface area contributed by atoms with Crippen molar-refractivity contribution < 1.29 is 9.50 Å². The minimum Gasteiger partial charge on any atom is -0.392 e. The Kier molecular flexibility index (Phi) is 7.81. The van der Waals surface area contributed by atoms with Gasteiger partial charge in [-0.05, 0) is 17.7 Å². The SMILES string of the molecule is CN=C(NC)NCc1ccc(F)c(CO)c1.I. The summed E-state index contributed by atoms with van der Waals surface area (Å²) in [6, 6.07) is 4.65. The van der Waals surface area contributed by atoms with Crippen LogP contribution >= 0.6 is 24.0 Å². The summed E-state index contributed by atoms with van der Waals surface area (Å²) in [6.07, 6.45) is 0. The number of nitrogens with zero attached hydrogens (tertiary/aromatic N) is 1. The van der Waals surface area contributed by atoms with E-state index in [-0.39, 0.29) is 36.4 Å². The quantitative estimate of drug-likeness (QED) is 0.435. The van der Waals surface area contributed by atoms with Crippen molar-refractivity contribution in [2.24, 2.45) is 4.99 Å². The minimum absolute atomic E-state index is 0. The Morgan fingerprint density at radius 2 is 2.18 bits per heavy atom. The maximum atomic E-state index is 13.1. The second kappa shape index (κ2) is 8.24. The third-order valence-electron chi connectivity index (χ3n) is 2.20. The van der Waals surface area contributed by atoms with Crippen molar-refractivity contribution in [3.63, 3.8) is 0 Å². The van der Waals surface area contributed by atoms with Crippen LogP contribution in [0.2, 0.25) is 0 Å². The van der Waals surface area contributed by atoms with Crippen LogP contribution < -0.4 is 10.6 Å². The number of nitrogens with one attached hydrogen (secondary N) is 2. The molecule has 0 aliphatic rings. The highest BCUT2D eigenvalue weighted by Gasteiger charge is 2.02. The summed E-state index contributed by atoms with van der Waals surface area (Å²) in [6.45, 7) is 0.237. The summed E-state index contributed by atoms with van der Waals surface area (Å²) < 4.78 is 13.1. The molecule has 17 heavy (non-hydrogen) atoms. The minimum atomic E-state index is -0.385. The van der Waals surface area contributed by atoms with Crippen LogP contribution in [0.25, 0.3) is 0 Å². The van der Waals surface area contributed by atoms with Gasteiger partial charge in [0.25, 0.3) is 0 Å². The molecule has 0 aromatic heterocycles. The van der Waals surface area contributed by atoms with Crippen LogP contribution in [0.15, 0.2) is 23.2 Å². The number of aliphatic imine (C=N–C) groups is 1. The Morgan fingerprint density at radius 3 is 2.71 bits per heavy atom. The molecule has 0 saturated heterocycles. The topological polar surface area (TPSA) is 56.7 Å². The Morgan fingerprint density at radius 1 is 1.47 bits per heavy atom. The van der Waals surface area contributed by atoms with E-state index in [1.165, 1.54) is 6.07 Å².